The maximum atomic E-state index is 13.8. The summed E-state index contributed by atoms with van der Waals surface area (Å²) in [6.07, 6.45) is 1.35. The summed E-state index contributed by atoms with van der Waals surface area (Å²) in [5.41, 5.74) is 3.05. The number of hydrogen-bond donors (Lipinski definition) is 1. The third kappa shape index (κ3) is 7.47. The Morgan fingerprint density at radius 3 is 2.51 bits per heavy atom. The molecular weight excluding hydrogens is 622 g/mol. The molecule has 11 nitrogen and oxygen atoms in total. The molecule has 0 aliphatic rings. The Bertz CT molecular complexity index is 2060. The van der Waals surface area contributed by atoms with Crippen LogP contribution in [0.2, 0.25) is 5.02 Å². The van der Waals surface area contributed by atoms with Gasteiger partial charge in [-0.3, -0.25) is 19.7 Å². The van der Waals surface area contributed by atoms with E-state index in [9.17, 15) is 19.7 Å². The SMILES string of the molecule is CCOc1cc(C)c(-c2nc3ccccc3c(=O)n2N=Cc2ccc(OCC(=O)Nc3ccc(Cl)cc3)c([N+](=O)[O-])c2)cc1C(C)C. The molecule has 240 valence electrons. The lowest BCUT2D eigenvalue weighted by molar-refractivity contribution is -0.385. The van der Waals surface area contributed by atoms with Gasteiger partial charge in [-0.05, 0) is 91.6 Å². The zero-order valence-corrected chi connectivity index (χ0v) is 26.9. The van der Waals surface area contributed by atoms with Gasteiger partial charge in [0, 0.05) is 27.9 Å². The number of amides is 1. The van der Waals surface area contributed by atoms with E-state index in [1.165, 1.54) is 23.0 Å². The van der Waals surface area contributed by atoms with Crippen LogP contribution >= 0.6 is 11.6 Å². The molecule has 1 N–H and O–H groups in total. The molecule has 0 spiro atoms. The molecule has 1 amide bonds. The molecule has 0 saturated carbocycles. The maximum Gasteiger partial charge on any atom is 0.311 e. The molecule has 0 bridgehead atoms. The molecule has 1 heterocycles. The molecule has 47 heavy (non-hydrogen) atoms. The monoisotopic (exact) mass is 653 g/mol. The standard InChI is InChI=1S/C35H32ClN5O6/c1-5-46-32-16-22(4)28(18-27(32)21(2)3)34-39-29-9-7-6-8-26(29)35(43)40(34)37-19-23-10-15-31(30(17-23)41(44)45)47-20-33(42)38-25-13-11-24(36)12-14-25/h6-19,21H,5,20H2,1-4H3,(H,38,42). The quantitative estimate of drug-likeness (QED) is 0.0893. The first-order valence-corrected chi connectivity index (χ1v) is 15.2. The Kier molecular flexibility index (Phi) is 9.96. The molecule has 0 radical (unpaired) electrons. The Morgan fingerprint density at radius 2 is 1.81 bits per heavy atom. The van der Waals surface area contributed by atoms with E-state index in [2.05, 4.69) is 24.3 Å². The Balaban J connectivity index is 1.50. The lowest BCUT2D eigenvalue weighted by Gasteiger charge is -2.18. The number of anilines is 1. The van der Waals surface area contributed by atoms with Crippen molar-refractivity contribution in [1.29, 1.82) is 0 Å². The average molecular weight is 654 g/mol. The molecule has 0 aliphatic heterocycles. The molecule has 0 saturated heterocycles. The summed E-state index contributed by atoms with van der Waals surface area (Å²) in [6.45, 7) is 8.00. The number of hydrogen-bond acceptors (Lipinski definition) is 8. The fraction of sp³-hybridized carbons (Fsp3) is 0.200. The van der Waals surface area contributed by atoms with Gasteiger partial charge in [0.25, 0.3) is 11.5 Å². The van der Waals surface area contributed by atoms with Crippen LogP contribution in [0.15, 0.2) is 88.8 Å². The largest absolute Gasteiger partial charge is 0.494 e. The molecule has 0 atom stereocenters. The number of halogens is 1. The van der Waals surface area contributed by atoms with Gasteiger partial charge in [-0.25, -0.2) is 4.98 Å². The molecule has 4 aromatic carbocycles. The van der Waals surface area contributed by atoms with E-state index in [-0.39, 0.29) is 17.4 Å². The van der Waals surface area contributed by atoms with E-state index in [0.717, 1.165) is 16.9 Å². The molecular formula is C35H32ClN5O6. The fourth-order valence-corrected chi connectivity index (χ4v) is 5.08. The number of aryl methyl sites for hydroxylation is 1. The first kappa shape index (κ1) is 32.8. The van der Waals surface area contributed by atoms with Crippen LogP contribution in [0.1, 0.15) is 43.4 Å². The van der Waals surface area contributed by atoms with E-state index in [4.69, 9.17) is 26.1 Å². The predicted octanol–water partition coefficient (Wildman–Crippen LogP) is 7.36. The number of carbonyl (C=O) groups excluding carboxylic acids is 1. The van der Waals surface area contributed by atoms with Gasteiger partial charge in [-0.15, -0.1) is 0 Å². The zero-order valence-electron chi connectivity index (χ0n) is 26.2. The minimum atomic E-state index is -0.615. The van der Waals surface area contributed by atoms with Gasteiger partial charge in [-0.2, -0.15) is 9.78 Å². The molecule has 0 unspecified atom stereocenters. The Morgan fingerprint density at radius 1 is 1.06 bits per heavy atom. The smallest absolute Gasteiger partial charge is 0.311 e. The minimum Gasteiger partial charge on any atom is -0.494 e. The van der Waals surface area contributed by atoms with Gasteiger partial charge >= 0.3 is 5.69 Å². The van der Waals surface area contributed by atoms with Gasteiger partial charge < -0.3 is 14.8 Å². The van der Waals surface area contributed by atoms with Crippen molar-refractivity contribution in [3.63, 3.8) is 0 Å². The second-order valence-electron chi connectivity index (χ2n) is 10.9. The van der Waals surface area contributed by atoms with Crippen LogP contribution in [0.5, 0.6) is 11.5 Å². The summed E-state index contributed by atoms with van der Waals surface area (Å²) in [5, 5.41) is 20.0. The first-order chi connectivity index (χ1) is 22.5. The third-order valence-corrected chi connectivity index (χ3v) is 7.51. The van der Waals surface area contributed by atoms with Crippen LogP contribution in [0.3, 0.4) is 0 Å². The number of para-hydroxylation sites is 1. The summed E-state index contributed by atoms with van der Waals surface area (Å²) in [4.78, 5) is 42.3. The second-order valence-corrected chi connectivity index (χ2v) is 11.4. The first-order valence-electron chi connectivity index (χ1n) is 14.9. The van der Waals surface area contributed by atoms with Crippen molar-refractivity contribution in [3.8, 4) is 22.9 Å². The number of benzene rings is 4. The molecule has 5 aromatic rings. The van der Waals surface area contributed by atoms with Crippen molar-refractivity contribution in [2.75, 3.05) is 18.5 Å². The average Bonchev–Trinajstić information content (AvgIpc) is 3.04. The van der Waals surface area contributed by atoms with Crippen molar-refractivity contribution in [1.82, 2.24) is 9.66 Å². The van der Waals surface area contributed by atoms with Crippen LogP contribution in [0.4, 0.5) is 11.4 Å². The van der Waals surface area contributed by atoms with E-state index >= 15 is 0 Å². The van der Waals surface area contributed by atoms with Gasteiger partial charge in [0.15, 0.2) is 18.2 Å². The molecule has 5 rings (SSSR count). The highest BCUT2D eigenvalue weighted by atomic mass is 35.5. The maximum absolute atomic E-state index is 13.8. The minimum absolute atomic E-state index is 0.102. The summed E-state index contributed by atoms with van der Waals surface area (Å²) >= 11 is 5.88. The summed E-state index contributed by atoms with van der Waals surface area (Å²) < 4.78 is 12.6. The van der Waals surface area contributed by atoms with Crippen molar-refractivity contribution >= 4 is 46.0 Å². The highest BCUT2D eigenvalue weighted by Crippen LogP contribution is 2.34. The Labute approximate surface area is 275 Å². The topological polar surface area (TPSA) is 138 Å². The number of rotatable bonds is 11. The van der Waals surface area contributed by atoms with E-state index < -0.39 is 23.0 Å². The van der Waals surface area contributed by atoms with Crippen molar-refractivity contribution in [2.24, 2.45) is 5.10 Å². The highest BCUT2D eigenvalue weighted by Gasteiger charge is 2.20. The van der Waals surface area contributed by atoms with E-state index in [1.54, 1.807) is 54.6 Å². The number of fused-ring (bicyclic) bond motifs is 1. The fourth-order valence-electron chi connectivity index (χ4n) is 4.95. The van der Waals surface area contributed by atoms with Crippen LogP contribution in [0.25, 0.3) is 22.3 Å². The summed E-state index contributed by atoms with van der Waals surface area (Å²) in [7, 11) is 0. The molecule has 0 fully saturated rings. The van der Waals surface area contributed by atoms with E-state index in [0.29, 0.717) is 45.2 Å². The predicted molar refractivity (Wildman–Crippen MR) is 183 cm³/mol. The van der Waals surface area contributed by atoms with Crippen LogP contribution in [-0.4, -0.2) is 39.9 Å². The van der Waals surface area contributed by atoms with Gasteiger partial charge in [-0.1, -0.05) is 37.6 Å². The van der Waals surface area contributed by atoms with Crippen LogP contribution in [-0.2, 0) is 4.79 Å². The number of nitrogens with one attached hydrogen (secondary N) is 1. The van der Waals surface area contributed by atoms with Crippen molar-refractivity contribution in [2.45, 2.75) is 33.6 Å². The summed E-state index contributed by atoms with van der Waals surface area (Å²) in [6, 6.07) is 21.6. The normalized spacial score (nSPS) is 11.3. The number of aromatic nitrogens is 2. The second kappa shape index (κ2) is 14.3. The lowest BCUT2D eigenvalue weighted by atomic mass is 9.96. The number of nitro benzene ring substituents is 1. The van der Waals surface area contributed by atoms with Crippen molar-refractivity contribution in [3.05, 3.63) is 121 Å². The number of ether oxygens (including phenoxy) is 2. The van der Waals surface area contributed by atoms with Crippen LogP contribution < -0.4 is 20.3 Å². The van der Waals surface area contributed by atoms with Crippen LogP contribution in [0, 0.1) is 17.0 Å². The zero-order chi connectivity index (χ0) is 33.7. The van der Waals surface area contributed by atoms with Gasteiger partial charge in [0.05, 0.1) is 28.6 Å². The van der Waals surface area contributed by atoms with Crippen molar-refractivity contribution < 1.29 is 19.2 Å². The number of nitrogens with zero attached hydrogens (tertiary/aromatic N) is 4. The molecule has 0 aliphatic carbocycles. The van der Waals surface area contributed by atoms with E-state index in [1.807, 2.05) is 26.0 Å². The molecule has 12 heteroatoms. The number of nitro groups is 1. The summed E-state index contributed by atoms with van der Waals surface area (Å²) in [5.74, 6) is 0.598. The molecule has 1 aromatic heterocycles. The third-order valence-electron chi connectivity index (χ3n) is 7.26. The van der Waals surface area contributed by atoms with Gasteiger partial charge in [0.2, 0.25) is 0 Å². The number of carbonyl (C=O) groups is 1. The lowest BCUT2D eigenvalue weighted by Crippen LogP contribution is -2.21. The van der Waals surface area contributed by atoms with Gasteiger partial charge in [0.1, 0.15) is 5.75 Å². The Hall–Kier alpha value is -5.55. The highest BCUT2D eigenvalue weighted by molar-refractivity contribution is 6.30.